The zero-order valence-electron chi connectivity index (χ0n) is 20.6. The third-order valence-corrected chi connectivity index (χ3v) is 5.89. The van der Waals surface area contributed by atoms with Crippen LogP contribution in [0.4, 0.5) is 5.69 Å². The Morgan fingerprint density at radius 2 is 1.78 bits per heavy atom. The molecule has 190 valence electrons. The van der Waals surface area contributed by atoms with Gasteiger partial charge in [-0.15, -0.1) is 0 Å². The lowest BCUT2D eigenvalue weighted by molar-refractivity contribution is -0.384. The molecule has 1 aliphatic rings. The van der Waals surface area contributed by atoms with E-state index in [2.05, 4.69) is 18.8 Å². The van der Waals surface area contributed by atoms with Crippen LogP contribution < -0.4 is 9.47 Å². The molecule has 3 aromatic rings. The lowest BCUT2D eigenvalue weighted by Gasteiger charge is -2.14. The molecule has 3 aromatic carbocycles. The van der Waals surface area contributed by atoms with Gasteiger partial charge in [-0.05, 0) is 72.0 Å². The summed E-state index contributed by atoms with van der Waals surface area (Å²) in [6.45, 7) is 6.54. The van der Waals surface area contributed by atoms with Gasteiger partial charge in [-0.3, -0.25) is 10.1 Å². The van der Waals surface area contributed by atoms with Gasteiger partial charge in [-0.2, -0.15) is 0 Å². The maximum absolute atomic E-state index is 12.5. The van der Waals surface area contributed by atoms with Gasteiger partial charge in [-0.1, -0.05) is 37.6 Å². The molecule has 1 heterocycles. The Labute approximate surface area is 219 Å². The molecule has 0 radical (unpaired) electrons. The summed E-state index contributed by atoms with van der Waals surface area (Å²) in [6.07, 6.45) is 1.58. The standard InChI is InChI=1S/C28H25ClN2O6/c1-4-35-25-15-19(13-23(29)26(25)36-16-18-5-11-22(12-6-18)31(33)34)14-24-28(32)37-27(30-24)21-9-7-20(8-10-21)17(2)3/h5-15,17H,4,16H2,1-3H3/b24-14-. The molecule has 0 saturated heterocycles. The van der Waals surface area contributed by atoms with Gasteiger partial charge in [-0.25, -0.2) is 9.79 Å². The molecule has 8 nitrogen and oxygen atoms in total. The summed E-state index contributed by atoms with van der Waals surface area (Å²) >= 11 is 6.51. The van der Waals surface area contributed by atoms with E-state index in [0.29, 0.717) is 35.2 Å². The summed E-state index contributed by atoms with van der Waals surface area (Å²) < 4.78 is 17.0. The fourth-order valence-electron chi connectivity index (χ4n) is 3.64. The SMILES string of the molecule is CCOc1cc(/C=C2\N=C(c3ccc(C(C)C)cc3)OC2=O)cc(Cl)c1OCc1ccc([N+](=O)[O-])cc1. The molecule has 0 N–H and O–H groups in total. The number of aliphatic imine (C=N–C) groups is 1. The van der Waals surface area contributed by atoms with Gasteiger partial charge in [0.25, 0.3) is 5.69 Å². The normalized spacial score (nSPS) is 14.0. The van der Waals surface area contributed by atoms with Crippen molar-refractivity contribution in [1.82, 2.24) is 0 Å². The minimum absolute atomic E-state index is 0.00185. The first-order chi connectivity index (χ1) is 17.7. The number of benzene rings is 3. The van der Waals surface area contributed by atoms with Crippen molar-refractivity contribution in [2.45, 2.75) is 33.3 Å². The highest BCUT2D eigenvalue weighted by Crippen LogP contribution is 2.38. The maximum atomic E-state index is 12.5. The van der Waals surface area contributed by atoms with E-state index in [1.807, 2.05) is 31.2 Å². The quantitative estimate of drug-likeness (QED) is 0.135. The molecular formula is C28H25ClN2O6. The molecule has 0 atom stereocenters. The van der Waals surface area contributed by atoms with Crippen molar-refractivity contribution in [3.63, 3.8) is 0 Å². The highest BCUT2D eigenvalue weighted by molar-refractivity contribution is 6.32. The predicted molar refractivity (Wildman–Crippen MR) is 141 cm³/mol. The summed E-state index contributed by atoms with van der Waals surface area (Å²) in [7, 11) is 0. The average Bonchev–Trinajstić information content (AvgIpc) is 3.24. The lowest BCUT2D eigenvalue weighted by Crippen LogP contribution is -2.05. The van der Waals surface area contributed by atoms with Crippen molar-refractivity contribution in [3.05, 3.63) is 104 Å². The summed E-state index contributed by atoms with van der Waals surface area (Å²) in [6, 6.07) is 17.1. The number of rotatable bonds is 9. The number of nitro groups is 1. The number of non-ortho nitro benzene ring substituents is 1. The number of carbonyl (C=O) groups is 1. The van der Waals surface area contributed by atoms with E-state index in [1.165, 1.54) is 17.7 Å². The van der Waals surface area contributed by atoms with Crippen LogP contribution in [0.25, 0.3) is 6.08 Å². The van der Waals surface area contributed by atoms with Crippen LogP contribution in [-0.4, -0.2) is 23.4 Å². The molecule has 0 unspecified atom stereocenters. The zero-order valence-corrected chi connectivity index (χ0v) is 21.3. The van der Waals surface area contributed by atoms with E-state index in [0.717, 1.165) is 5.56 Å². The molecule has 0 aromatic heterocycles. The van der Waals surface area contributed by atoms with Gasteiger partial charge >= 0.3 is 5.97 Å². The molecule has 9 heteroatoms. The number of nitro benzene ring substituents is 1. The Bertz CT molecular complexity index is 1380. The van der Waals surface area contributed by atoms with Crippen LogP contribution in [-0.2, 0) is 16.1 Å². The van der Waals surface area contributed by atoms with Crippen LogP contribution in [0.1, 0.15) is 48.9 Å². The largest absolute Gasteiger partial charge is 0.490 e. The number of ether oxygens (including phenoxy) is 3. The fourth-order valence-corrected chi connectivity index (χ4v) is 3.92. The minimum atomic E-state index is -0.560. The Hall–Kier alpha value is -4.17. The third kappa shape index (κ3) is 6.16. The molecule has 0 saturated carbocycles. The number of hydrogen-bond acceptors (Lipinski definition) is 7. The first-order valence-electron chi connectivity index (χ1n) is 11.7. The van der Waals surface area contributed by atoms with Gasteiger partial charge < -0.3 is 14.2 Å². The number of hydrogen-bond donors (Lipinski definition) is 0. The highest BCUT2D eigenvalue weighted by atomic mass is 35.5. The van der Waals surface area contributed by atoms with Gasteiger partial charge in [0, 0.05) is 17.7 Å². The van der Waals surface area contributed by atoms with Crippen LogP contribution in [0, 0.1) is 10.1 Å². The molecule has 1 aliphatic heterocycles. The van der Waals surface area contributed by atoms with Crippen molar-refractivity contribution in [3.8, 4) is 11.5 Å². The highest BCUT2D eigenvalue weighted by Gasteiger charge is 2.25. The van der Waals surface area contributed by atoms with Gasteiger partial charge in [0.15, 0.2) is 17.2 Å². The average molecular weight is 521 g/mol. The zero-order chi connectivity index (χ0) is 26.5. The van der Waals surface area contributed by atoms with Gasteiger partial charge in [0.1, 0.15) is 6.61 Å². The minimum Gasteiger partial charge on any atom is -0.490 e. The Morgan fingerprint density at radius 1 is 1.08 bits per heavy atom. The van der Waals surface area contributed by atoms with E-state index in [4.69, 9.17) is 25.8 Å². The lowest BCUT2D eigenvalue weighted by atomic mass is 10.0. The van der Waals surface area contributed by atoms with E-state index in [1.54, 1.807) is 30.3 Å². The van der Waals surface area contributed by atoms with Gasteiger partial charge in [0.2, 0.25) is 5.90 Å². The Morgan fingerprint density at radius 3 is 2.41 bits per heavy atom. The predicted octanol–water partition coefficient (Wildman–Crippen LogP) is 6.69. The molecule has 0 fully saturated rings. The molecule has 4 rings (SSSR count). The van der Waals surface area contributed by atoms with Crippen LogP contribution in [0.2, 0.25) is 5.02 Å². The van der Waals surface area contributed by atoms with E-state index >= 15 is 0 Å². The van der Waals surface area contributed by atoms with Crippen LogP contribution in [0.5, 0.6) is 11.5 Å². The molecule has 0 amide bonds. The van der Waals surface area contributed by atoms with Crippen molar-refractivity contribution in [2.24, 2.45) is 4.99 Å². The number of cyclic esters (lactones) is 1. The number of esters is 1. The third-order valence-electron chi connectivity index (χ3n) is 5.61. The fraction of sp³-hybridized carbons (Fsp3) is 0.214. The molecule has 0 aliphatic carbocycles. The molecule has 37 heavy (non-hydrogen) atoms. The molecule has 0 bridgehead atoms. The van der Waals surface area contributed by atoms with Crippen LogP contribution in [0.3, 0.4) is 0 Å². The summed E-state index contributed by atoms with van der Waals surface area (Å²) in [5.41, 5.74) is 3.34. The summed E-state index contributed by atoms with van der Waals surface area (Å²) in [5, 5.41) is 11.1. The van der Waals surface area contributed by atoms with Crippen molar-refractivity contribution in [2.75, 3.05) is 6.61 Å². The number of carbonyl (C=O) groups excluding carboxylic acids is 1. The Kier molecular flexibility index (Phi) is 7.89. The first kappa shape index (κ1) is 25.9. The second-order valence-corrected chi connectivity index (χ2v) is 9.00. The van der Waals surface area contributed by atoms with E-state index < -0.39 is 10.9 Å². The van der Waals surface area contributed by atoms with Crippen molar-refractivity contribution >= 4 is 35.2 Å². The molecule has 0 spiro atoms. The smallest absolute Gasteiger partial charge is 0.363 e. The second kappa shape index (κ2) is 11.3. The topological polar surface area (TPSA) is 100 Å². The number of halogens is 1. The van der Waals surface area contributed by atoms with Crippen molar-refractivity contribution in [1.29, 1.82) is 0 Å². The van der Waals surface area contributed by atoms with Crippen molar-refractivity contribution < 1.29 is 23.9 Å². The van der Waals surface area contributed by atoms with Gasteiger partial charge in [0.05, 0.1) is 16.6 Å². The monoisotopic (exact) mass is 520 g/mol. The first-order valence-corrected chi connectivity index (χ1v) is 12.1. The number of nitrogens with zero attached hydrogens (tertiary/aromatic N) is 2. The second-order valence-electron chi connectivity index (χ2n) is 8.59. The Balaban J connectivity index is 1.56. The molecular weight excluding hydrogens is 496 g/mol. The summed E-state index contributed by atoms with van der Waals surface area (Å²) in [4.78, 5) is 27.3. The summed E-state index contributed by atoms with van der Waals surface area (Å²) in [5.74, 6) is 0.792. The van der Waals surface area contributed by atoms with E-state index in [-0.39, 0.29) is 28.9 Å². The van der Waals surface area contributed by atoms with Crippen LogP contribution in [0.15, 0.2) is 71.4 Å². The van der Waals surface area contributed by atoms with Crippen LogP contribution >= 0.6 is 11.6 Å². The maximum Gasteiger partial charge on any atom is 0.363 e. The van der Waals surface area contributed by atoms with E-state index in [9.17, 15) is 14.9 Å².